The zero-order chi connectivity index (χ0) is 21.0. The molecule has 1 aliphatic rings. The number of aryl methyl sites for hydroxylation is 1. The number of nitrogens with zero attached hydrogens (tertiary/aromatic N) is 4. The smallest absolute Gasteiger partial charge is 0.267 e. The van der Waals surface area contributed by atoms with E-state index in [0.29, 0.717) is 38.8 Å². The Morgan fingerprint density at radius 1 is 0.967 bits per heavy atom. The Hall–Kier alpha value is -3.71. The zero-order valence-corrected chi connectivity index (χ0v) is 16.8. The van der Waals surface area contributed by atoms with Crippen molar-refractivity contribution in [2.24, 2.45) is 7.05 Å². The number of imide groups is 1. The molecule has 0 saturated heterocycles. The molecular weight excluding hydrogens is 404 g/mol. The molecule has 0 radical (unpaired) electrons. The van der Waals surface area contributed by atoms with E-state index in [9.17, 15) is 9.59 Å². The second-order valence-electron chi connectivity index (χ2n) is 6.87. The van der Waals surface area contributed by atoms with Gasteiger partial charge in [0.05, 0.1) is 29.3 Å². The van der Waals surface area contributed by atoms with E-state index >= 15 is 0 Å². The maximum Gasteiger partial charge on any atom is 0.267 e. The number of anilines is 1. The summed E-state index contributed by atoms with van der Waals surface area (Å²) in [5.41, 5.74) is 2.91. The Kier molecular flexibility index (Phi) is 4.08. The largest absolute Gasteiger partial charge is 0.497 e. The van der Waals surface area contributed by atoms with E-state index in [0.717, 1.165) is 10.5 Å². The Bertz CT molecular complexity index is 1330. The zero-order valence-electron chi connectivity index (χ0n) is 16.1. The number of hydrogen-bond donors (Lipinski definition) is 0. The van der Waals surface area contributed by atoms with Crippen LogP contribution in [-0.2, 0) is 7.05 Å². The second kappa shape index (κ2) is 6.67. The molecule has 1 aliphatic heterocycles. The number of benzene rings is 2. The van der Waals surface area contributed by atoms with Gasteiger partial charge in [-0.05, 0) is 36.4 Å². The van der Waals surface area contributed by atoms with Crippen LogP contribution in [0.5, 0.6) is 5.75 Å². The number of fused-ring (bicyclic) bond motifs is 3. The van der Waals surface area contributed by atoms with Crippen LogP contribution >= 0.6 is 11.6 Å². The lowest BCUT2D eigenvalue weighted by atomic mass is 10.0. The summed E-state index contributed by atoms with van der Waals surface area (Å²) in [6.07, 6.45) is 1.44. The van der Waals surface area contributed by atoms with E-state index in [1.165, 1.54) is 6.20 Å². The van der Waals surface area contributed by atoms with Crippen molar-refractivity contribution in [1.29, 1.82) is 0 Å². The quantitative estimate of drug-likeness (QED) is 0.468. The monoisotopic (exact) mass is 418 g/mol. The van der Waals surface area contributed by atoms with Crippen molar-refractivity contribution in [1.82, 2.24) is 14.8 Å². The highest BCUT2D eigenvalue weighted by molar-refractivity contribution is 6.38. The second-order valence-corrected chi connectivity index (χ2v) is 7.30. The van der Waals surface area contributed by atoms with Gasteiger partial charge in [0.2, 0.25) is 0 Å². The molecule has 5 rings (SSSR count). The molecule has 4 aromatic rings. The number of hydrogen-bond acceptors (Lipinski definition) is 5. The fourth-order valence-corrected chi connectivity index (χ4v) is 3.83. The van der Waals surface area contributed by atoms with Crippen molar-refractivity contribution in [3.8, 4) is 17.0 Å². The Morgan fingerprint density at radius 2 is 1.67 bits per heavy atom. The summed E-state index contributed by atoms with van der Waals surface area (Å²) in [5, 5.41) is 5.70. The number of carbonyl (C=O) groups is 2. The number of carbonyl (C=O) groups excluding carboxylic acids is 2. The molecule has 0 saturated carbocycles. The summed E-state index contributed by atoms with van der Waals surface area (Å²) in [5.74, 6) is -0.187. The van der Waals surface area contributed by atoms with E-state index in [4.69, 9.17) is 16.3 Å². The van der Waals surface area contributed by atoms with Crippen molar-refractivity contribution >= 4 is 40.1 Å². The molecule has 2 aromatic heterocycles. The van der Waals surface area contributed by atoms with Crippen molar-refractivity contribution in [2.45, 2.75) is 0 Å². The van der Waals surface area contributed by atoms with Gasteiger partial charge in [0, 0.05) is 23.8 Å². The minimum absolute atomic E-state index is 0.256. The molecule has 0 aliphatic carbocycles. The topological polar surface area (TPSA) is 77.3 Å². The Balaban J connectivity index is 1.71. The van der Waals surface area contributed by atoms with E-state index in [-0.39, 0.29) is 5.56 Å². The van der Waals surface area contributed by atoms with E-state index < -0.39 is 11.8 Å². The third-order valence-corrected chi connectivity index (χ3v) is 5.40. The average Bonchev–Trinajstić information content (AvgIpc) is 3.23. The number of pyridine rings is 1. The molecule has 3 heterocycles. The summed E-state index contributed by atoms with van der Waals surface area (Å²) in [6, 6.07) is 13.9. The van der Waals surface area contributed by atoms with Crippen LogP contribution in [0.3, 0.4) is 0 Å². The first kappa shape index (κ1) is 18.3. The first-order valence-electron chi connectivity index (χ1n) is 9.14. The highest BCUT2D eigenvalue weighted by Crippen LogP contribution is 2.37. The highest BCUT2D eigenvalue weighted by atomic mass is 35.5. The molecule has 148 valence electrons. The normalized spacial score (nSPS) is 13.2. The third-order valence-electron chi connectivity index (χ3n) is 5.15. The summed E-state index contributed by atoms with van der Waals surface area (Å²) < 4.78 is 6.77. The summed E-state index contributed by atoms with van der Waals surface area (Å²) >= 11 is 6.01. The minimum atomic E-state index is -0.416. The summed E-state index contributed by atoms with van der Waals surface area (Å²) in [7, 11) is 3.31. The molecule has 2 aromatic carbocycles. The van der Waals surface area contributed by atoms with Crippen molar-refractivity contribution in [3.63, 3.8) is 0 Å². The fraction of sp³-hybridized carbons (Fsp3) is 0.0909. The highest BCUT2D eigenvalue weighted by Gasteiger charge is 2.40. The number of aromatic nitrogens is 3. The predicted octanol–water partition coefficient (Wildman–Crippen LogP) is 4.10. The lowest BCUT2D eigenvalue weighted by Gasteiger charge is -2.14. The van der Waals surface area contributed by atoms with Gasteiger partial charge in [-0.3, -0.25) is 9.59 Å². The van der Waals surface area contributed by atoms with Gasteiger partial charge in [0.1, 0.15) is 11.4 Å². The number of rotatable bonds is 3. The van der Waals surface area contributed by atoms with Crippen molar-refractivity contribution in [3.05, 3.63) is 70.9 Å². The van der Waals surface area contributed by atoms with Gasteiger partial charge < -0.3 is 4.74 Å². The van der Waals surface area contributed by atoms with E-state index in [1.54, 1.807) is 55.2 Å². The third kappa shape index (κ3) is 2.59. The lowest BCUT2D eigenvalue weighted by molar-refractivity contribution is 0.0926. The molecule has 7 nitrogen and oxygen atoms in total. The molecular formula is C22H15ClN4O3. The Labute approximate surface area is 176 Å². The SMILES string of the molecule is COc1ccc(N2C(=O)c3cnc4c(c(-c5ccc(Cl)cc5)nn4C)c3C2=O)cc1. The first-order chi connectivity index (χ1) is 14.5. The molecule has 0 atom stereocenters. The van der Waals surface area contributed by atoms with Gasteiger partial charge in [0.25, 0.3) is 11.8 Å². The van der Waals surface area contributed by atoms with Gasteiger partial charge in [-0.2, -0.15) is 5.10 Å². The van der Waals surface area contributed by atoms with Gasteiger partial charge in [-0.1, -0.05) is 23.7 Å². The number of amides is 2. The van der Waals surface area contributed by atoms with Crippen molar-refractivity contribution < 1.29 is 14.3 Å². The standard InChI is InChI=1S/C22H15ClN4O3/c1-26-20-18(19(25-26)12-3-5-13(23)6-4-12)17-16(11-24-20)21(28)27(22(17)29)14-7-9-15(30-2)10-8-14/h3-11H,1-2H3. The van der Waals surface area contributed by atoms with Crippen LogP contribution < -0.4 is 9.64 Å². The van der Waals surface area contributed by atoms with E-state index in [2.05, 4.69) is 10.1 Å². The summed E-state index contributed by atoms with van der Waals surface area (Å²) in [6.45, 7) is 0. The number of ether oxygens (including phenoxy) is 1. The number of methoxy groups -OCH3 is 1. The van der Waals surface area contributed by atoms with Crippen LogP contribution in [0.2, 0.25) is 5.02 Å². The molecule has 8 heteroatoms. The Morgan fingerprint density at radius 3 is 2.33 bits per heavy atom. The van der Waals surface area contributed by atoms with Crippen LogP contribution in [0.25, 0.3) is 22.3 Å². The average molecular weight is 419 g/mol. The molecule has 0 spiro atoms. The number of halogens is 1. The van der Waals surface area contributed by atoms with Gasteiger partial charge >= 0.3 is 0 Å². The first-order valence-corrected chi connectivity index (χ1v) is 9.52. The maximum atomic E-state index is 13.4. The molecule has 0 unspecified atom stereocenters. The summed E-state index contributed by atoms with van der Waals surface area (Å²) in [4.78, 5) is 32.1. The van der Waals surface area contributed by atoms with Crippen molar-refractivity contribution in [2.75, 3.05) is 12.0 Å². The van der Waals surface area contributed by atoms with Crippen LogP contribution in [0.15, 0.2) is 54.7 Å². The maximum absolute atomic E-state index is 13.4. The molecule has 0 bridgehead atoms. The molecule has 2 amide bonds. The minimum Gasteiger partial charge on any atom is -0.497 e. The van der Waals surface area contributed by atoms with Gasteiger partial charge in [0.15, 0.2) is 5.65 Å². The van der Waals surface area contributed by atoms with Crippen LogP contribution in [0.1, 0.15) is 20.7 Å². The van der Waals surface area contributed by atoms with Gasteiger partial charge in [-0.15, -0.1) is 0 Å². The fourth-order valence-electron chi connectivity index (χ4n) is 3.70. The predicted molar refractivity (Wildman–Crippen MR) is 113 cm³/mol. The van der Waals surface area contributed by atoms with E-state index in [1.807, 2.05) is 12.1 Å². The molecule has 0 fully saturated rings. The lowest BCUT2D eigenvalue weighted by Crippen LogP contribution is -2.29. The van der Waals surface area contributed by atoms with Gasteiger partial charge in [-0.25, -0.2) is 14.6 Å². The van der Waals surface area contributed by atoms with Crippen LogP contribution in [0.4, 0.5) is 5.69 Å². The van der Waals surface area contributed by atoms with Crippen LogP contribution in [0, 0.1) is 0 Å². The van der Waals surface area contributed by atoms with Crippen LogP contribution in [-0.4, -0.2) is 33.7 Å². The molecule has 0 N–H and O–H groups in total. The molecule has 30 heavy (non-hydrogen) atoms.